The zero-order valence-corrected chi connectivity index (χ0v) is 11.7. The first kappa shape index (κ1) is 11.7. The van der Waals surface area contributed by atoms with Gasteiger partial charge >= 0.3 is 0 Å². The highest BCUT2D eigenvalue weighted by atomic mass is 16.5. The van der Waals surface area contributed by atoms with Crippen molar-refractivity contribution in [3.8, 4) is 11.5 Å². The minimum Gasteiger partial charge on any atom is -0.384 e. The topological polar surface area (TPSA) is 60.2 Å². The first-order valence-corrected chi connectivity index (χ1v) is 7.73. The molecule has 3 aliphatic heterocycles. The molecular formula is C16H17N3O2. The monoisotopic (exact) mass is 283 g/mol. The highest BCUT2D eigenvalue weighted by Crippen LogP contribution is 2.43. The molecule has 2 aromatic rings. The van der Waals surface area contributed by atoms with Crippen LogP contribution in [0.3, 0.4) is 0 Å². The fourth-order valence-corrected chi connectivity index (χ4v) is 3.84. The molecule has 21 heavy (non-hydrogen) atoms. The fraction of sp³-hybridized carbons (Fsp3) is 0.500. The summed E-state index contributed by atoms with van der Waals surface area (Å²) >= 11 is 0. The van der Waals surface area contributed by atoms with Crippen molar-refractivity contribution < 1.29 is 9.26 Å². The van der Waals surface area contributed by atoms with E-state index in [9.17, 15) is 0 Å². The molecule has 5 rings (SSSR count). The van der Waals surface area contributed by atoms with E-state index in [1.54, 1.807) is 0 Å². The minimum absolute atomic E-state index is 0.294. The Labute approximate surface area is 122 Å². The normalized spacial score (nSPS) is 29.6. The van der Waals surface area contributed by atoms with Crippen molar-refractivity contribution >= 4 is 5.69 Å². The third-order valence-corrected chi connectivity index (χ3v) is 4.95. The molecule has 5 heteroatoms. The summed E-state index contributed by atoms with van der Waals surface area (Å²) in [5, 5.41) is 7.58. The van der Waals surface area contributed by atoms with Gasteiger partial charge in [0, 0.05) is 17.8 Å². The molecular weight excluding hydrogens is 266 g/mol. The molecule has 0 amide bonds. The van der Waals surface area contributed by atoms with Crippen LogP contribution in [0.1, 0.15) is 36.6 Å². The number of fused-ring (bicyclic) bond motifs is 3. The van der Waals surface area contributed by atoms with Crippen LogP contribution in [0.2, 0.25) is 0 Å². The maximum absolute atomic E-state index is 5.88. The lowest BCUT2D eigenvalue weighted by Gasteiger charge is -2.13. The number of hydrogen-bond acceptors (Lipinski definition) is 5. The van der Waals surface area contributed by atoms with Gasteiger partial charge in [-0.2, -0.15) is 4.98 Å². The van der Waals surface area contributed by atoms with E-state index in [0.717, 1.165) is 37.2 Å². The number of ether oxygens (including phenoxy) is 1. The largest absolute Gasteiger partial charge is 0.384 e. The van der Waals surface area contributed by atoms with Crippen molar-refractivity contribution in [1.29, 1.82) is 0 Å². The molecule has 2 saturated heterocycles. The zero-order valence-electron chi connectivity index (χ0n) is 11.7. The summed E-state index contributed by atoms with van der Waals surface area (Å²) in [6.07, 6.45) is 5.14. The van der Waals surface area contributed by atoms with Crippen molar-refractivity contribution in [2.24, 2.45) is 0 Å². The van der Waals surface area contributed by atoms with Gasteiger partial charge in [0.05, 0.1) is 18.1 Å². The van der Waals surface area contributed by atoms with Crippen molar-refractivity contribution in [3.05, 3.63) is 29.6 Å². The summed E-state index contributed by atoms with van der Waals surface area (Å²) < 4.78 is 11.4. The highest BCUT2D eigenvalue weighted by molar-refractivity contribution is 5.66. The van der Waals surface area contributed by atoms with E-state index in [1.807, 2.05) is 0 Å². The van der Waals surface area contributed by atoms with Crippen LogP contribution in [0.15, 0.2) is 22.7 Å². The zero-order chi connectivity index (χ0) is 13.8. The average molecular weight is 283 g/mol. The van der Waals surface area contributed by atoms with E-state index < -0.39 is 0 Å². The van der Waals surface area contributed by atoms with Gasteiger partial charge < -0.3 is 14.6 Å². The standard InChI is InChI=1S/C16H17N3O2/c1-2-10(7-13-9(1)5-6-17-13)16-18-15(19-21-16)12-8-11-3-4-14(12)20-11/h1-2,7,11-12,14,17H,3-6,8H2. The Morgan fingerprint density at radius 1 is 1.24 bits per heavy atom. The number of aromatic nitrogens is 2. The molecule has 0 radical (unpaired) electrons. The second-order valence-corrected chi connectivity index (χ2v) is 6.22. The SMILES string of the molecule is c1cc2c(cc1-c1nc(C3CC4CCC3O4)no1)NCC2. The van der Waals surface area contributed by atoms with Crippen LogP contribution in [0, 0.1) is 0 Å². The van der Waals surface area contributed by atoms with Crippen LogP contribution >= 0.6 is 0 Å². The van der Waals surface area contributed by atoms with Gasteiger partial charge in [-0.25, -0.2) is 0 Å². The second-order valence-electron chi connectivity index (χ2n) is 6.22. The Balaban J connectivity index is 1.45. The van der Waals surface area contributed by atoms with E-state index in [4.69, 9.17) is 9.26 Å². The summed E-state index contributed by atoms with van der Waals surface area (Å²) in [5.41, 5.74) is 3.54. The maximum atomic E-state index is 5.88. The lowest BCUT2D eigenvalue weighted by atomic mass is 9.89. The molecule has 0 spiro atoms. The van der Waals surface area contributed by atoms with Crippen LogP contribution < -0.4 is 5.32 Å². The minimum atomic E-state index is 0.294. The third-order valence-electron chi connectivity index (χ3n) is 4.95. The van der Waals surface area contributed by atoms with E-state index >= 15 is 0 Å². The van der Waals surface area contributed by atoms with Gasteiger partial charge in [0.25, 0.3) is 5.89 Å². The molecule has 4 heterocycles. The first-order valence-electron chi connectivity index (χ1n) is 7.73. The van der Waals surface area contributed by atoms with Gasteiger partial charge in [0.15, 0.2) is 5.82 Å². The van der Waals surface area contributed by atoms with E-state index in [1.165, 1.54) is 17.7 Å². The molecule has 2 fully saturated rings. The summed E-state index contributed by atoms with van der Waals surface area (Å²) in [4.78, 5) is 4.62. The molecule has 1 N–H and O–H groups in total. The molecule has 2 bridgehead atoms. The van der Waals surface area contributed by atoms with Crippen molar-refractivity contribution in [3.63, 3.8) is 0 Å². The van der Waals surface area contributed by atoms with Gasteiger partial charge in [0.1, 0.15) is 0 Å². The quantitative estimate of drug-likeness (QED) is 0.918. The molecule has 3 aliphatic rings. The van der Waals surface area contributed by atoms with Gasteiger partial charge in [-0.05, 0) is 43.4 Å². The summed E-state index contributed by atoms with van der Waals surface area (Å²) in [5.74, 6) is 1.74. The van der Waals surface area contributed by atoms with Crippen LogP contribution in [0.5, 0.6) is 0 Å². The number of nitrogens with zero attached hydrogens (tertiary/aromatic N) is 2. The lowest BCUT2D eigenvalue weighted by Crippen LogP contribution is -2.15. The third kappa shape index (κ3) is 1.80. The molecule has 1 aromatic heterocycles. The van der Waals surface area contributed by atoms with Crippen molar-refractivity contribution in [2.45, 2.75) is 43.8 Å². The first-order chi connectivity index (χ1) is 10.4. The predicted octanol–water partition coefficient (Wildman–Crippen LogP) is 2.74. The van der Waals surface area contributed by atoms with Crippen LogP contribution in [0.25, 0.3) is 11.5 Å². The molecule has 0 saturated carbocycles. The van der Waals surface area contributed by atoms with Gasteiger partial charge in [-0.3, -0.25) is 0 Å². The van der Waals surface area contributed by atoms with Gasteiger partial charge in [-0.15, -0.1) is 0 Å². The van der Waals surface area contributed by atoms with E-state index in [-0.39, 0.29) is 0 Å². The Morgan fingerprint density at radius 2 is 2.24 bits per heavy atom. The van der Waals surface area contributed by atoms with Crippen LogP contribution in [-0.2, 0) is 11.2 Å². The lowest BCUT2D eigenvalue weighted by molar-refractivity contribution is 0.0996. The average Bonchev–Trinajstić information content (AvgIpc) is 3.27. The Morgan fingerprint density at radius 3 is 3.10 bits per heavy atom. The van der Waals surface area contributed by atoms with E-state index in [2.05, 4.69) is 33.7 Å². The summed E-state index contributed by atoms with van der Waals surface area (Å²) in [7, 11) is 0. The number of anilines is 1. The predicted molar refractivity (Wildman–Crippen MR) is 77.2 cm³/mol. The number of nitrogens with one attached hydrogen (secondary N) is 1. The Kier molecular flexibility index (Phi) is 2.41. The van der Waals surface area contributed by atoms with Crippen LogP contribution in [-0.4, -0.2) is 28.9 Å². The number of rotatable bonds is 2. The van der Waals surface area contributed by atoms with Gasteiger partial charge in [0.2, 0.25) is 0 Å². The van der Waals surface area contributed by atoms with Crippen LogP contribution in [0.4, 0.5) is 5.69 Å². The van der Waals surface area contributed by atoms with E-state index in [0.29, 0.717) is 24.0 Å². The Bertz CT molecular complexity index is 697. The molecule has 3 atom stereocenters. The number of hydrogen-bond donors (Lipinski definition) is 1. The molecule has 0 aliphatic carbocycles. The maximum Gasteiger partial charge on any atom is 0.258 e. The molecule has 5 nitrogen and oxygen atoms in total. The van der Waals surface area contributed by atoms with Gasteiger partial charge in [-0.1, -0.05) is 11.2 Å². The summed E-state index contributed by atoms with van der Waals surface area (Å²) in [6, 6.07) is 6.33. The molecule has 1 aromatic carbocycles. The van der Waals surface area contributed by atoms with Crippen molar-refractivity contribution in [2.75, 3.05) is 11.9 Å². The highest BCUT2D eigenvalue weighted by Gasteiger charge is 2.43. The number of benzene rings is 1. The molecule has 108 valence electrons. The summed E-state index contributed by atoms with van der Waals surface area (Å²) in [6.45, 7) is 1.01. The smallest absolute Gasteiger partial charge is 0.258 e. The second kappa shape index (κ2) is 4.31. The fourth-order valence-electron chi connectivity index (χ4n) is 3.84. The van der Waals surface area contributed by atoms with Crippen molar-refractivity contribution in [1.82, 2.24) is 10.1 Å². The molecule has 3 unspecified atom stereocenters. The Hall–Kier alpha value is -1.88.